The van der Waals surface area contributed by atoms with Crippen LogP contribution in [0.3, 0.4) is 0 Å². The first-order valence-electron chi connectivity index (χ1n) is 13.7. The Kier molecular flexibility index (Phi) is 8.79. The van der Waals surface area contributed by atoms with Crippen molar-refractivity contribution in [2.24, 2.45) is 5.73 Å². The quantitative estimate of drug-likeness (QED) is 0.244. The number of aromatic nitrogens is 2. The largest absolute Gasteiger partial charge is 0.363 e. The molecule has 1 fully saturated rings. The Hall–Kier alpha value is -4.29. The number of piperazine rings is 1. The zero-order valence-corrected chi connectivity index (χ0v) is 23.4. The van der Waals surface area contributed by atoms with E-state index in [9.17, 15) is 31.5 Å². The molecule has 0 bridgehead atoms. The molecule has 1 aliphatic rings. The molecule has 1 aromatic heterocycles. The summed E-state index contributed by atoms with van der Waals surface area (Å²) >= 11 is 0. The summed E-state index contributed by atoms with van der Waals surface area (Å²) in [4.78, 5) is 31.1. The molecule has 226 valence electrons. The van der Waals surface area contributed by atoms with E-state index in [1.165, 1.54) is 16.7 Å². The minimum atomic E-state index is -1.53. The molecule has 1 saturated heterocycles. The molecule has 0 unspecified atom stereocenters. The Bertz CT molecular complexity index is 1730. The van der Waals surface area contributed by atoms with Crippen LogP contribution in [0.15, 0.2) is 70.3 Å². The van der Waals surface area contributed by atoms with Crippen LogP contribution in [0.25, 0.3) is 0 Å². The van der Waals surface area contributed by atoms with E-state index in [1.54, 1.807) is 36.1 Å². The molecule has 0 amide bonds. The number of nitrogens with two attached hydrogens (primary N) is 1. The Morgan fingerprint density at radius 3 is 2.05 bits per heavy atom. The fourth-order valence-electron chi connectivity index (χ4n) is 5.40. The van der Waals surface area contributed by atoms with Gasteiger partial charge in [0, 0.05) is 55.6 Å². The zero-order valence-electron chi connectivity index (χ0n) is 23.4. The van der Waals surface area contributed by atoms with Crippen molar-refractivity contribution in [3.63, 3.8) is 0 Å². The lowest BCUT2D eigenvalue weighted by Gasteiger charge is -2.37. The molecule has 1 atom stereocenters. The summed E-state index contributed by atoms with van der Waals surface area (Å²) < 4.78 is 72.8. The average Bonchev–Trinajstić information content (AvgIpc) is 3.00. The fraction of sp³-hybridized carbons (Fsp3) is 0.290. The second-order valence-corrected chi connectivity index (χ2v) is 10.5. The predicted octanol–water partition coefficient (Wildman–Crippen LogP) is 4.08. The highest BCUT2D eigenvalue weighted by atomic mass is 19.2. The summed E-state index contributed by atoms with van der Waals surface area (Å²) in [6.45, 7) is 2.16. The maximum Gasteiger partial charge on any atom is 0.331 e. The van der Waals surface area contributed by atoms with Gasteiger partial charge in [-0.3, -0.25) is 18.8 Å². The lowest BCUT2D eigenvalue weighted by atomic mass is 10.1. The van der Waals surface area contributed by atoms with Crippen LogP contribution >= 0.6 is 0 Å². The lowest BCUT2D eigenvalue weighted by molar-refractivity contribution is 0.244. The van der Waals surface area contributed by atoms with E-state index >= 15 is 0 Å². The van der Waals surface area contributed by atoms with E-state index in [2.05, 4.69) is 0 Å². The van der Waals surface area contributed by atoms with Crippen molar-refractivity contribution in [2.75, 3.05) is 31.1 Å². The first-order chi connectivity index (χ1) is 20.6. The van der Waals surface area contributed by atoms with E-state index < -0.39 is 52.9 Å². The van der Waals surface area contributed by atoms with Crippen LogP contribution in [-0.2, 0) is 19.6 Å². The average molecular weight is 600 g/mol. The number of hydrogen-bond acceptors (Lipinski definition) is 5. The van der Waals surface area contributed by atoms with Gasteiger partial charge in [0.25, 0.3) is 5.56 Å². The molecule has 1 aliphatic heterocycles. The van der Waals surface area contributed by atoms with Crippen LogP contribution in [0.2, 0.25) is 0 Å². The smallest absolute Gasteiger partial charge is 0.331 e. The number of benzene rings is 3. The second kappa shape index (κ2) is 12.5. The molecule has 2 heterocycles. The van der Waals surface area contributed by atoms with E-state index in [-0.39, 0.29) is 48.7 Å². The van der Waals surface area contributed by atoms with Gasteiger partial charge < -0.3 is 10.6 Å². The molecule has 4 aromatic rings. The van der Waals surface area contributed by atoms with Crippen LogP contribution in [-0.4, -0.2) is 40.2 Å². The molecule has 5 rings (SSSR count). The number of hydrogen-bond donors (Lipinski definition) is 1. The van der Waals surface area contributed by atoms with Gasteiger partial charge in [0.2, 0.25) is 0 Å². The van der Waals surface area contributed by atoms with Crippen molar-refractivity contribution in [3.8, 4) is 0 Å². The normalized spacial score (nSPS) is 14.7. The van der Waals surface area contributed by atoms with Crippen molar-refractivity contribution in [2.45, 2.75) is 32.6 Å². The van der Waals surface area contributed by atoms with Crippen molar-refractivity contribution < 1.29 is 22.0 Å². The molecule has 12 heteroatoms. The van der Waals surface area contributed by atoms with Gasteiger partial charge in [-0.05, 0) is 30.7 Å². The Labute approximate surface area is 244 Å². The molecule has 43 heavy (non-hydrogen) atoms. The number of rotatable bonds is 8. The van der Waals surface area contributed by atoms with Gasteiger partial charge in [-0.1, -0.05) is 42.5 Å². The molecule has 0 spiro atoms. The van der Waals surface area contributed by atoms with Crippen LogP contribution in [0.4, 0.5) is 27.6 Å². The summed E-state index contributed by atoms with van der Waals surface area (Å²) in [6.07, 6.45) is 0. The van der Waals surface area contributed by atoms with Crippen molar-refractivity contribution in [1.82, 2.24) is 14.0 Å². The van der Waals surface area contributed by atoms with Gasteiger partial charge in [-0.2, -0.15) is 0 Å². The summed E-state index contributed by atoms with van der Waals surface area (Å²) in [5.41, 5.74) is 5.79. The highest BCUT2D eigenvalue weighted by molar-refractivity contribution is 5.50. The van der Waals surface area contributed by atoms with Crippen LogP contribution in [0.5, 0.6) is 0 Å². The molecule has 2 N–H and O–H groups in total. The molecule has 7 nitrogen and oxygen atoms in total. The standard InChI is InChI=1S/C31H30F5N5O2/c1-19-29(39-14-12-38(13-15-39)16-21-10-11-25(34)28(36)27(21)35)30(42)41(18-26(37)20-6-3-2-4-7-20)31(43)40(19)17-22-23(32)8-5-9-24(22)33/h2-11,26H,12-18,37H2,1H3/t26-/m1/s1. The van der Waals surface area contributed by atoms with E-state index in [0.29, 0.717) is 18.7 Å². The van der Waals surface area contributed by atoms with Crippen molar-refractivity contribution >= 4 is 5.69 Å². The van der Waals surface area contributed by atoms with E-state index in [1.807, 2.05) is 11.0 Å². The summed E-state index contributed by atoms with van der Waals surface area (Å²) in [6, 6.07) is 13.7. The zero-order chi connectivity index (χ0) is 30.8. The molecule has 0 saturated carbocycles. The third-order valence-electron chi connectivity index (χ3n) is 7.84. The summed E-state index contributed by atoms with van der Waals surface area (Å²) in [7, 11) is 0. The Morgan fingerprint density at radius 2 is 1.40 bits per heavy atom. The van der Waals surface area contributed by atoms with Gasteiger partial charge in [0.1, 0.15) is 17.3 Å². The van der Waals surface area contributed by atoms with E-state index in [0.717, 1.165) is 22.8 Å². The number of halogens is 5. The first kappa shape index (κ1) is 30.2. The fourth-order valence-corrected chi connectivity index (χ4v) is 5.40. The summed E-state index contributed by atoms with van der Waals surface area (Å²) in [5, 5.41) is 0. The minimum absolute atomic E-state index is 0.00116. The van der Waals surface area contributed by atoms with Crippen LogP contribution in [0, 0.1) is 36.0 Å². The predicted molar refractivity (Wildman–Crippen MR) is 152 cm³/mol. The highest BCUT2D eigenvalue weighted by Gasteiger charge is 2.27. The van der Waals surface area contributed by atoms with Gasteiger partial charge in [-0.15, -0.1) is 0 Å². The SMILES string of the molecule is Cc1c(N2CCN(Cc3ccc(F)c(F)c3F)CC2)c(=O)n(C[C@@H](N)c2ccccc2)c(=O)n1Cc1c(F)cccc1F. The summed E-state index contributed by atoms with van der Waals surface area (Å²) in [5.74, 6) is -5.71. The van der Waals surface area contributed by atoms with Crippen molar-refractivity contribution in [3.05, 3.63) is 133 Å². The number of nitrogens with zero attached hydrogens (tertiary/aromatic N) is 4. The monoisotopic (exact) mass is 599 g/mol. The van der Waals surface area contributed by atoms with Gasteiger partial charge in [0.05, 0.1) is 13.1 Å². The topological polar surface area (TPSA) is 76.5 Å². The van der Waals surface area contributed by atoms with E-state index in [4.69, 9.17) is 5.73 Å². The second-order valence-electron chi connectivity index (χ2n) is 10.5. The molecule has 0 aliphatic carbocycles. The van der Waals surface area contributed by atoms with Crippen molar-refractivity contribution in [1.29, 1.82) is 0 Å². The minimum Gasteiger partial charge on any atom is -0.363 e. The molecular weight excluding hydrogens is 569 g/mol. The molecule has 0 radical (unpaired) electrons. The maximum absolute atomic E-state index is 14.6. The number of anilines is 1. The van der Waals surface area contributed by atoms with Gasteiger partial charge >= 0.3 is 5.69 Å². The van der Waals surface area contributed by atoms with Crippen LogP contribution < -0.4 is 21.9 Å². The molecular formula is C31H30F5N5O2. The molecule has 3 aromatic carbocycles. The Balaban J connectivity index is 1.49. The van der Waals surface area contributed by atoms with Gasteiger partial charge in [0.15, 0.2) is 17.5 Å². The van der Waals surface area contributed by atoms with Crippen LogP contribution in [0.1, 0.15) is 28.4 Å². The maximum atomic E-state index is 14.6. The Morgan fingerprint density at radius 1 is 0.744 bits per heavy atom. The third kappa shape index (κ3) is 6.11. The third-order valence-corrected chi connectivity index (χ3v) is 7.84. The van der Waals surface area contributed by atoms with Gasteiger partial charge in [-0.25, -0.2) is 26.7 Å². The first-order valence-corrected chi connectivity index (χ1v) is 13.7. The highest BCUT2D eigenvalue weighted by Crippen LogP contribution is 2.22. The lowest BCUT2D eigenvalue weighted by Crippen LogP contribution is -2.51.